The molecule has 3 rings (SSSR count). The molecule has 1 aliphatic heterocycles. The van der Waals surface area contributed by atoms with Crippen LogP contribution in [0.4, 0.5) is 0 Å². The summed E-state index contributed by atoms with van der Waals surface area (Å²) >= 11 is 1.84. The first kappa shape index (κ1) is 12.3. The lowest BCUT2D eigenvalue weighted by Gasteiger charge is -2.26. The van der Waals surface area contributed by atoms with Crippen molar-refractivity contribution in [3.8, 4) is 0 Å². The number of carbonyl (C=O) groups excluding carboxylic acids is 1. The van der Waals surface area contributed by atoms with E-state index in [1.54, 1.807) is 11.0 Å². The molecule has 0 unspecified atom stereocenters. The minimum atomic E-state index is -0.304. The highest BCUT2D eigenvalue weighted by Crippen LogP contribution is 2.14. The summed E-state index contributed by atoms with van der Waals surface area (Å²) in [5.41, 5.74) is 0.700. The number of amides is 1. The van der Waals surface area contributed by atoms with Crippen molar-refractivity contribution < 1.29 is 4.79 Å². The van der Waals surface area contributed by atoms with Gasteiger partial charge in [-0.25, -0.2) is 0 Å². The first-order valence-corrected chi connectivity index (χ1v) is 7.40. The maximum atomic E-state index is 12.4. The van der Waals surface area contributed by atoms with Gasteiger partial charge in [-0.1, -0.05) is 18.2 Å². The maximum absolute atomic E-state index is 12.4. The molecule has 1 aromatic heterocycles. The highest BCUT2D eigenvalue weighted by molar-refractivity contribution is 7.99. The monoisotopic (exact) mass is 274 g/mol. The van der Waals surface area contributed by atoms with E-state index in [1.165, 1.54) is 0 Å². The summed E-state index contributed by atoms with van der Waals surface area (Å²) in [7, 11) is 0. The van der Waals surface area contributed by atoms with Gasteiger partial charge in [-0.2, -0.15) is 11.8 Å². The number of rotatable bonds is 1. The second kappa shape index (κ2) is 5.09. The van der Waals surface area contributed by atoms with Gasteiger partial charge in [-0.15, -0.1) is 0 Å². The van der Waals surface area contributed by atoms with E-state index in [1.807, 2.05) is 36.0 Å². The molecule has 98 valence electrons. The van der Waals surface area contributed by atoms with Crippen molar-refractivity contribution in [2.75, 3.05) is 24.6 Å². The molecule has 0 saturated carbocycles. The second-order valence-corrected chi connectivity index (χ2v) is 5.73. The van der Waals surface area contributed by atoms with Crippen molar-refractivity contribution >= 4 is 28.6 Å². The molecule has 1 aliphatic rings. The molecule has 5 heteroatoms. The number of thioether (sulfide) groups is 1. The molecule has 1 aromatic carbocycles. The van der Waals surface area contributed by atoms with E-state index < -0.39 is 0 Å². The number of hydrogen-bond donors (Lipinski definition) is 1. The largest absolute Gasteiger partial charge is 0.337 e. The van der Waals surface area contributed by atoms with Crippen LogP contribution in [0, 0.1) is 0 Å². The van der Waals surface area contributed by atoms with E-state index in [2.05, 4.69) is 4.98 Å². The Morgan fingerprint density at radius 1 is 1.21 bits per heavy atom. The minimum absolute atomic E-state index is 0.160. The van der Waals surface area contributed by atoms with Crippen LogP contribution in [0.2, 0.25) is 0 Å². The predicted octanol–water partition coefficient (Wildman–Crippen LogP) is 1.72. The fourth-order valence-corrected chi connectivity index (χ4v) is 3.15. The summed E-state index contributed by atoms with van der Waals surface area (Å²) in [6.07, 6.45) is 0. The molecule has 0 bridgehead atoms. The van der Waals surface area contributed by atoms with Gasteiger partial charge in [0.1, 0.15) is 5.56 Å². The summed E-state index contributed by atoms with van der Waals surface area (Å²) in [5.74, 6) is 1.72. The number of aromatic nitrogens is 1. The Labute approximate surface area is 114 Å². The van der Waals surface area contributed by atoms with Crippen LogP contribution >= 0.6 is 11.8 Å². The SMILES string of the molecule is O=C(c1cc2ccccc2[nH]c1=O)N1CCSCC1. The third kappa shape index (κ3) is 2.38. The zero-order valence-corrected chi connectivity index (χ0v) is 11.2. The average Bonchev–Trinajstić information content (AvgIpc) is 2.47. The standard InChI is InChI=1S/C14H14N2O2S/c17-13-11(14(18)16-5-7-19-8-6-16)9-10-3-1-2-4-12(10)15-13/h1-4,9H,5-8H2,(H,15,17). The quantitative estimate of drug-likeness (QED) is 0.861. The number of hydrogen-bond acceptors (Lipinski definition) is 3. The van der Waals surface area contributed by atoms with Crippen LogP contribution in [0.5, 0.6) is 0 Å². The first-order chi connectivity index (χ1) is 9.25. The van der Waals surface area contributed by atoms with Crippen LogP contribution in [0.15, 0.2) is 35.1 Å². The van der Waals surface area contributed by atoms with Gasteiger partial charge in [0.05, 0.1) is 0 Å². The fourth-order valence-electron chi connectivity index (χ4n) is 2.24. The molecule has 0 spiro atoms. The molecule has 2 aromatic rings. The minimum Gasteiger partial charge on any atom is -0.337 e. The number of nitrogens with one attached hydrogen (secondary N) is 1. The number of para-hydroxylation sites is 1. The zero-order chi connectivity index (χ0) is 13.2. The van der Waals surface area contributed by atoms with Crippen molar-refractivity contribution in [2.24, 2.45) is 0 Å². The van der Waals surface area contributed by atoms with Gasteiger partial charge < -0.3 is 9.88 Å². The second-order valence-electron chi connectivity index (χ2n) is 4.50. The van der Waals surface area contributed by atoms with Crippen LogP contribution in [0.3, 0.4) is 0 Å². The van der Waals surface area contributed by atoms with Crippen LogP contribution in [-0.2, 0) is 0 Å². The zero-order valence-electron chi connectivity index (χ0n) is 10.4. The summed E-state index contributed by atoms with van der Waals surface area (Å²) < 4.78 is 0. The van der Waals surface area contributed by atoms with E-state index in [0.717, 1.165) is 35.5 Å². The number of aromatic amines is 1. The molecule has 0 atom stereocenters. The van der Waals surface area contributed by atoms with Crippen molar-refractivity contribution in [3.05, 3.63) is 46.2 Å². The molecular weight excluding hydrogens is 260 g/mol. The lowest BCUT2D eigenvalue weighted by Crippen LogP contribution is -2.40. The Morgan fingerprint density at radius 3 is 2.74 bits per heavy atom. The molecule has 2 heterocycles. The van der Waals surface area contributed by atoms with Crippen molar-refractivity contribution in [1.82, 2.24) is 9.88 Å². The summed E-state index contributed by atoms with van der Waals surface area (Å²) in [6.45, 7) is 1.44. The van der Waals surface area contributed by atoms with Crippen molar-refractivity contribution in [1.29, 1.82) is 0 Å². The lowest BCUT2D eigenvalue weighted by atomic mass is 10.1. The highest BCUT2D eigenvalue weighted by Gasteiger charge is 2.21. The van der Waals surface area contributed by atoms with E-state index in [0.29, 0.717) is 0 Å². The van der Waals surface area contributed by atoms with Gasteiger partial charge in [0.2, 0.25) is 0 Å². The fraction of sp³-hybridized carbons (Fsp3) is 0.286. The summed E-state index contributed by atoms with van der Waals surface area (Å²) in [5, 5.41) is 0.886. The van der Waals surface area contributed by atoms with E-state index in [-0.39, 0.29) is 17.0 Å². The molecular formula is C14H14N2O2S. The van der Waals surface area contributed by atoms with Gasteiger partial charge in [-0.3, -0.25) is 9.59 Å². The Kier molecular flexibility index (Phi) is 3.29. The maximum Gasteiger partial charge on any atom is 0.261 e. The normalized spacial score (nSPS) is 15.7. The van der Waals surface area contributed by atoms with Crippen LogP contribution < -0.4 is 5.56 Å². The van der Waals surface area contributed by atoms with Gasteiger partial charge >= 0.3 is 0 Å². The van der Waals surface area contributed by atoms with E-state index >= 15 is 0 Å². The topological polar surface area (TPSA) is 53.2 Å². The lowest BCUT2D eigenvalue weighted by molar-refractivity contribution is 0.0770. The summed E-state index contributed by atoms with van der Waals surface area (Å²) in [6, 6.07) is 9.18. The molecule has 19 heavy (non-hydrogen) atoms. The molecule has 0 aliphatic carbocycles. The van der Waals surface area contributed by atoms with E-state index in [9.17, 15) is 9.59 Å². The number of H-pyrrole nitrogens is 1. The van der Waals surface area contributed by atoms with Crippen LogP contribution in [0.1, 0.15) is 10.4 Å². The molecule has 1 amide bonds. The van der Waals surface area contributed by atoms with Crippen LogP contribution in [0.25, 0.3) is 10.9 Å². The van der Waals surface area contributed by atoms with E-state index in [4.69, 9.17) is 0 Å². The van der Waals surface area contributed by atoms with Gasteiger partial charge in [0.25, 0.3) is 11.5 Å². The Hall–Kier alpha value is -1.75. The van der Waals surface area contributed by atoms with Gasteiger partial charge in [0, 0.05) is 30.1 Å². The van der Waals surface area contributed by atoms with Gasteiger partial charge in [0.15, 0.2) is 0 Å². The predicted molar refractivity (Wildman–Crippen MR) is 77.8 cm³/mol. The Bertz CT molecular complexity index is 674. The third-order valence-electron chi connectivity index (χ3n) is 3.28. The first-order valence-electron chi connectivity index (χ1n) is 6.25. The average molecular weight is 274 g/mol. The molecule has 1 fully saturated rings. The smallest absolute Gasteiger partial charge is 0.261 e. The Balaban J connectivity index is 2.01. The molecule has 0 radical (unpaired) electrons. The molecule has 4 nitrogen and oxygen atoms in total. The van der Waals surface area contributed by atoms with Crippen molar-refractivity contribution in [2.45, 2.75) is 0 Å². The Morgan fingerprint density at radius 2 is 1.95 bits per heavy atom. The molecule has 1 saturated heterocycles. The molecule has 1 N–H and O–H groups in total. The van der Waals surface area contributed by atoms with Crippen LogP contribution in [-0.4, -0.2) is 40.4 Å². The summed E-state index contributed by atoms with van der Waals surface area (Å²) in [4.78, 5) is 28.9. The number of pyridine rings is 1. The van der Waals surface area contributed by atoms with Gasteiger partial charge in [-0.05, 0) is 17.5 Å². The third-order valence-corrected chi connectivity index (χ3v) is 4.22. The number of fused-ring (bicyclic) bond motifs is 1. The number of benzene rings is 1. The van der Waals surface area contributed by atoms with Crippen molar-refractivity contribution in [3.63, 3.8) is 0 Å². The highest BCUT2D eigenvalue weighted by atomic mass is 32.2. The number of nitrogens with zero attached hydrogens (tertiary/aromatic N) is 1. The number of carbonyl (C=O) groups is 1.